The van der Waals surface area contributed by atoms with Gasteiger partial charge in [0.2, 0.25) is 0 Å². The molecule has 0 radical (unpaired) electrons. The molecular formula is C20H34N6O2. The highest BCUT2D eigenvalue weighted by atomic mass is 16.5. The Morgan fingerprint density at radius 1 is 0.821 bits per heavy atom. The van der Waals surface area contributed by atoms with Crippen LogP contribution >= 0.6 is 0 Å². The predicted molar refractivity (Wildman–Crippen MR) is 110 cm³/mol. The van der Waals surface area contributed by atoms with Crippen LogP contribution in [0.3, 0.4) is 0 Å². The Labute approximate surface area is 168 Å². The number of hydrogen-bond donors (Lipinski definition) is 1. The molecule has 0 unspecified atom stereocenters. The summed E-state index contributed by atoms with van der Waals surface area (Å²) in [6.07, 6.45) is 2.42. The van der Waals surface area contributed by atoms with Crippen molar-refractivity contribution in [1.82, 2.24) is 20.0 Å². The molecule has 8 nitrogen and oxygen atoms in total. The molecule has 0 atom stereocenters. The van der Waals surface area contributed by atoms with Gasteiger partial charge in [-0.3, -0.25) is 9.80 Å². The SMILES string of the molecule is OCCN1CCN(c2ccc(N3CCN(CC4CCOCC4)CC3)nn2)CC1. The van der Waals surface area contributed by atoms with E-state index in [1.165, 1.54) is 19.4 Å². The lowest BCUT2D eigenvalue weighted by atomic mass is 9.99. The topological polar surface area (TPSA) is 68.2 Å². The molecule has 0 saturated carbocycles. The first-order valence-electron chi connectivity index (χ1n) is 10.8. The fraction of sp³-hybridized carbons (Fsp3) is 0.800. The number of piperazine rings is 2. The van der Waals surface area contributed by atoms with Gasteiger partial charge in [-0.25, -0.2) is 0 Å². The second-order valence-corrected chi connectivity index (χ2v) is 8.15. The highest BCUT2D eigenvalue weighted by Gasteiger charge is 2.23. The quantitative estimate of drug-likeness (QED) is 0.736. The predicted octanol–water partition coefficient (Wildman–Crippen LogP) is 0.140. The molecule has 0 bridgehead atoms. The van der Waals surface area contributed by atoms with Crippen LogP contribution in [-0.4, -0.2) is 110 Å². The van der Waals surface area contributed by atoms with E-state index < -0.39 is 0 Å². The molecule has 0 aromatic carbocycles. The van der Waals surface area contributed by atoms with Gasteiger partial charge in [0.05, 0.1) is 6.61 Å². The van der Waals surface area contributed by atoms with Crippen LogP contribution in [0.5, 0.6) is 0 Å². The first-order chi connectivity index (χ1) is 13.8. The van der Waals surface area contributed by atoms with E-state index in [2.05, 4.69) is 41.9 Å². The lowest BCUT2D eigenvalue weighted by Gasteiger charge is -2.38. The van der Waals surface area contributed by atoms with E-state index >= 15 is 0 Å². The molecule has 156 valence electrons. The normalized spacial score (nSPS) is 23.3. The average molecular weight is 391 g/mol. The van der Waals surface area contributed by atoms with E-state index in [0.717, 1.165) is 89.7 Å². The lowest BCUT2D eigenvalue weighted by Crippen LogP contribution is -2.48. The van der Waals surface area contributed by atoms with Crippen LogP contribution in [-0.2, 0) is 4.74 Å². The summed E-state index contributed by atoms with van der Waals surface area (Å²) in [5, 5.41) is 18.1. The largest absolute Gasteiger partial charge is 0.395 e. The van der Waals surface area contributed by atoms with Gasteiger partial charge < -0.3 is 19.6 Å². The highest BCUT2D eigenvalue weighted by molar-refractivity contribution is 5.45. The maximum absolute atomic E-state index is 9.06. The summed E-state index contributed by atoms with van der Waals surface area (Å²) in [7, 11) is 0. The van der Waals surface area contributed by atoms with Gasteiger partial charge in [0.1, 0.15) is 0 Å². The van der Waals surface area contributed by atoms with Crippen molar-refractivity contribution in [3.63, 3.8) is 0 Å². The van der Waals surface area contributed by atoms with Crippen molar-refractivity contribution in [2.75, 3.05) is 95.1 Å². The Hall–Kier alpha value is -1.48. The molecule has 0 aliphatic carbocycles. The van der Waals surface area contributed by atoms with E-state index in [1.54, 1.807) is 0 Å². The molecule has 3 aliphatic rings. The van der Waals surface area contributed by atoms with Crippen molar-refractivity contribution in [2.45, 2.75) is 12.8 Å². The number of hydrogen-bond acceptors (Lipinski definition) is 8. The first kappa shape index (κ1) is 19.8. The molecule has 1 aromatic heterocycles. The van der Waals surface area contributed by atoms with Crippen LogP contribution < -0.4 is 9.80 Å². The van der Waals surface area contributed by atoms with Crippen LogP contribution in [0.1, 0.15) is 12.8 Å². The number of nitrogens with zero attached hydrogens (tertiary/aromatic N) is 6. The summed E-state index contributed by atoms with van der Waals surface area (Å²) in [6, 6.07) is 4.23. The Bertz CT molecular complexity index is 579. The number of anilines is 2. The van der Waals surface area contributed by atoms with Crippen molar-refractivity contribution in [3.05, 3.63) is 12.1 Å². The zero-order valence-corrected chi connectivity index (χ0v) is 16.9. The molecule has 3 fully saturated rings. The summed E-state index contributed by atoms with van der Waals surface area (Å²) in [5.41, 5.74) is 0. The fourth-order valence-corrected chi connectivity index (χ4v) is 4.45. The van der Waals surface area contributed by atoms with E-state index in [4.69, 9.17) is 9.84 Å². The molecular weight excluding hydrogens is 356 g/mol. The molecule has 3 saturated heterocycles. The van der Waals surface area contributed by atoms with Crippen molar-refractivity contribution < 1.29 is 9.84 Å². The minimum absolute atomic E-state index is 0.233. The minimum Gasteiger partial charge on any atom is -0.395 e. The van der Waals surface area contributed by atoms with E-state index in [0.29, 0.717) is 0 Å². The maximum atomic E-state index is 9.06. The smallest absolute Gasteiger partial charge is 0.151 e. The van der Waals surface area contributed by atoms with Crippen molar-refractivity contribution in [2.24, 2.45) is 5.92 Å². The summed E-state index contributed by atoms with van der Waals surface area (Å²) >= 11 is 0. The van der Waals surface area contributed by atoms with Gasteiger partial charge in [-0.15, -0.1) is 10.2 Å². The zero-order valence-electron chi connectivity index (χ0n) is 16.9. The third-order valence-electron chi connectivity index (χ3n) is 6.30. The number of rotatable bonds is 6. The van der Waals surface area contributed by atoms with Gasteiger partial charge in [-0.05, 0) is 30.9 Å². The molecule has 1 aromatic rings. The highest BCUT2D eigenvalue weighted by Crippen LogP contribution is 2.20. The van der Waals surface area contributed by atoms with Gasteiger partial charge in [0.25, 0.3) is 0 Å². The lowest BCUT2D eigenvalue weighted by molar-refractivity contribution is 0.0517. The van der Waals surface area contributed by atoms with Crippen LogP contribution in [0, 0.1) is 5.92 Å². The third kappa shape index (κ3) is 5.11. The van der Waals surface area contributed by atoms with Gasteiger partial charge in [-0.2, -0.15) is 0 Å². The number of aromatic nitrogens is 2. The molecule has 0 amide bonds. The van der Waals surface area contributed by atoms with Gasteiger partial charge in [-0.1, -0.05) is 0 Å². The van der Waals surface area contributed by atoms with Crippen molar-refractivity contribution in [1.29, 1.82) is 0 Å². The Morgan fingerprint density at radius 2 is 1.36 bits per heavy atom. The standard InChI is InChI=1S/C20H34N6O2/c27-14-13-23-5-9-25(10-6-23)19-1-2-20(22-21-19)26-11-7-24(8-12-26)17-18-3-15-28-16-4-18/h1-2,18,27H,3-17H2. The fourth-order valence-electron chi connectivity index (χ4n) is 4.45. The Morgan fingerprint density at radius 3 is 1.86 bits per heavy atom. The summed E-state index contributed by atoms with van der Waals surface area (Å²) < 4.78 is 5.48. The van der Waals surface area contributed by atoms with Crippen LogP contribution in [0.4, 0.5) is 11.6 Å². The Balaban J connectivity index is 1.23. The average Bonchev–Trinajstić information content (AvgIpc) is 2.76. The van der Waals surface area contributed by atoms with Gasteiger partial charge >= 0.3 is 0 Å². The van der Waals surface area contributed by atoms with Crippen LogP contribution in [0.25, 0.3) is 0 Å². The number of aliphatic hydroxyl groups excluding tert-OH is 1. The minimum atomic E-state index is 0.233. The monoisotopic (exact) mass is 390 g/mol. The van der Waals surface area contributed by atoms with Gasteiger partial charge in [0.15, 0.2) is 11.6 Å². The molecule has 4 heterocycles. The van der Waals surface area contributed by atoms with Crippen LogP contribution in [0.15, 0.2) is 12.1 Å². The summed E-state index contributed by atoms with van der Waals surface area (Å²) in [5.74, 6) is 2.76. The van der Waals surface area contributed by atoms with E-state index in [-0.39, 0.29) is 6.61 Å². The third-order valence-corrected chi connectivity index (χ3v) is 6.30. The molecule has 28 heavy (non-hydrogen) atoms. The number of aliphatic hydroxyl groups is 1. The molecule has 3 aliphatic heterocycles. The van der Waals surface area contributed by atoms with Crippen LogP contribution in [0.2, 0.25) is 0 Å². The Kier molecular flexibility index (Phi) is 6.95. The zero-order chi connectivity index (χ0) is 19.2. The number of β-amino-alcohol motifs (C(OH)–C–C–N with tert-alkyl or cyclic N) is 1. The number of ether oxygens (including phenoxy) is 1. The van der Waals surface area contributed by atoms with Crippen molar-refractivity contribution >= 4 is 11.6 Å². The molecule has 8 heteroatoms. The van der Waals surface area contributed by atoms with Crippen molar-refractivity contribution in [3.8, 4) is 0 Å². The van der Waals surface area contributed by atoms with E-state index in [1.807, 2.05) is 0 Å². The summed E-state index contributed by atoms with van der Waals surface area (Å²) in [4.78, 5) is 9.53. The summed E-state index contributed by atoms with van der Waals surface area (Å²) in [6.45, 7) is 12.2. The first-order valence-corrected chi connectivity index (χ1v) is 10.8. The van der Waals surface area contributed by atoms with Gasteiger partial charge in [0, 0.05) is 78.7 Å². The second kappa shape index (κ2) is 9.82. The van der Waals surface area contributed by atoms with E-state index in [9.17, 15) is 0 Å². The maximum Gasteiger partial charge on any atom is 0.151 e. The molecule has 1 N–H and O–H groups in total. The second-order valence-electron chi connectivity index (χ2n) is 8.15. The molecule has 4 rings (SSSR count). The molecule has 0 spiro atoms.